The number of nitrogens with one attached hydrogen (secondary N) is 1. The molecule has 102 valence electrons. The number of aromatic nitrogens is 3. The van der Waals surface area contributed by atoms with Crippen LogP contribution in [0.25, 0.3) is 11.2 Å². The summed E-state index contributed by atoms with van der Waals surface area (Å²) in [4.78, 5) is 24.4. The molecule has 2 aromatic heterocycles. The van der Waals surface area contributed by atoms with E-state index in [4.69, 9.17) is 7.85 Å². The predicted octanol–water partition coefficient (Wildman–Crippen LogP) is 2.29. The molecule has 0 aromatic carbocycles. The number of Topliss-reactive ketones (excluding diaryl/α,β-unsaturated/α-hetero) is 1. The standard InChI is InChI=1S/C15H18BN3O/c1-15(6-4-2-3-5-7-15)13(20)10-8-17-14-12(10)19-11(16)9-18-14/h8-9H,2-7H2,1H3,(H,17,18). The van der Waals surface area contributed by atoms with Crippen molar-refractivity contribution in [2.45, 2.75) is 45.4 Å². The van der Waals surface area contributed by atoms with Gasteiger partial charge >= 0.3 is 0 Å². The van der Waals surface area contributed by atoms with Crippen molar-refractivity contribution < 1.29 is 4.79 Å². The largest absolute Gasteiger partial charge is 0.344 e. The minimum Gasteiger partial charge on any atom is -0.344 e. The van der Waals surface area contributed by atoms with Gasteiger partial charge < -0.3 is 4.98 Å². The van der Waals surface area contributed by atoms with E-state index in [1.54, 1.807) is 6.20 Å². The summed E-state index contributed by atoms with van der Waals surface area (Å²) in [6, 6.07) is 0. The molecule has 0 bridgehead atoms. The van der Waals surface area contributed by atoms with Gasteiger partial charge in [0.1, 0.15) is 13.4 Å². The van der Waals surface area contributed by atoms with Crippen LogP contribution in [0, 0.1) is 5.41 Å². The molecular weight excluding hydrogens is 249 g/mol. The number of H-pyrrole nitrogens is 1. The molecular formula is C15H18BN3O. The molecule has 0 amide bonds. The number of nitrogens with zero attached hydrogens (tertiary/aromatic N) is 2. The molecule has 1 N–H and O–H groups in total. The monoisotopic (exact) mass is 267 g/mol. The Morgan fingerprint density at radius 1 is 1.30 bits per heavy atom. The lowest BCUT2D eigenvalue weighted by atomic mass is 9.76. The second kappa shape index (κ2) is 5.04. The summed E-state index contributed by atoms with van der Waals surface area (Å²) in [5.41, 5.74) is 1.92. The van der Waals surface area contributed by atoms with Gasteiger partial charge in [0.25, 0.3) is 0 Å². The van der Waals surface area contributed by atoms with Crippen molar-refractivity contribution >= 4 is 30.4 Å². The first-order valence-corrected chi connectivity index (χ1v) is 7.24. The average Bonchev–Trinajstić information content (AvgIpc) is 2.71. The summed E-state index contributed by atoms with van der Waals surface area (Å²) in [7, 11) is 5.69. The zero-order valence-corrected chi connectivity index (χ0v) is 11.8. The highest BCUT2D eigenvalue weighted by Crippen LogP contribution is 2.38. The van der Waals surface area contributed by atoms with Crippen LogP contribution in [0.2, 0.25) is 0 Å². The van der Waals surface area contributed by atoms with Gasteiger partial charge in [-0.15, -0.1) is 0 Å². The Morgan fingerprint density at radius 2 is 2.00 bits per heavy atom. The van der Waals surface area contributed by atoms with Crippen LogP contribution < -0.4 is 5.59 Å². The lowest BCUT2D eigenvalue weighted by Crippen LogP contribution is -2.27. The molecule has 5 heteroatoms. The fourth-order valence-corrected chi connectivity index (χ4v) is 3.14. The SMILES string of the molecule is [B]c1cnc2[nH]cc(C(=O)C3(C)CCCCCC3)c2n1. The van der Waals surface area contributed by atoms with Gasteiger partial charge in [0.2, 0.25) is 0 Å². The fraction of sp³-hybridized carbons (Fsp3) is 0.533. The number of ketones is 1. The Balaban J connectivity index is 2.01. The van der Waals surface area contributed by atoms with E-state index in [9.17, 15) is 4.79 Å². The number of carbonyl (C=O) groups is 1. The third kappa shape index (κ3) is 2.25. The topological polar surface area (TPSA) is 58.6 Å². The number of rotatable bonds is 2. The van der Waals surface area contributed by atoms with Crippen molar-refractivity contribution in [3.05, 3.63) is 18.0 Å². The van der Waals surface area contributed by atoms with Crippen LogP contribution in [-0.2, 0) is 0 Å². The average molecular weight is 267 g/mol. The molecule has 2 aromatic rings. The second-order valence-corrected chi connectivity index (χ2v) is 6.00. The van der Waals surface area contributed by atoms with Gasteiger partial charge in [0.05, 0.1) is 5.56 Å². The molecule has 20 heavy (non-hydrogen) atoms. The van der Waals surface area contributed by atoms with E-state index in [-0.39, 0.29) is 11.2 Å². The van der Waals surface area contributed by atoms with Gasteiger partial charge in [-0.1, -0.05) is 32.6 Å². The van der Waals surface area contributed by atoms with E-state index >= 15 is 0 Å². The highest BCUT2D eigenvalue weighted by atomic mass is 16.1. The molecule has 2 radical (unpaired) electrons. The highest BCUT2D eigenvalue weighted by molar-refractivity contribution is 6.31. The Kier molecular flexibility index (Phi) is 3.36. The number of carbonyl (C=O) groups excluding carboxylic acids is 1. The number of hydrogen-bond donors (Lipinski definition) is 1. The van der Waals surface area contributed by atoms with Crippen LogP contribution in [-0.4, -0.2) is 28.6 Å². The van der Waals surface area contributed by atoms with Crippen LogP contribution in [0.3, 0.4) is 0 Å². The molecule has 0 saturated heterocycles. The van der Waals surface area contributed by atoms with Crippen molar-refractivity contribution in [3.63, 3.8) is 0 Å². The van der Waals surface area contributed by atoms with Crippen molar-refractivity contribution in [1.82, 2.24) is 15.0 Å². The molecule has 1 aliphatic carbocycles. The van der Waals surface area contributed by atoms with Crippen LogP contribution in [0.1, 0.15) is 55.8 Å². The maximum absolute atomic E-state index is 12.9. The Bertz CT molecular complexity index is 642. The van der Waals surface area contributed by atoms with Gasteiger partial charge in [0.15, 0.2) is 11.4 Å². The van der Waals surface area contributed by atoms with Crippen LogP contribution >= 0.6 is 0 Å². The van der Waals surface area contributed by atoms with E-state index < -0.39 is 0 Å². The lowest BCUT2D eigenvalue weighted by Gasteiger charge is -2.25. The minimum atomic E-state index is -0.280. The first-order chi connectivity index (χ1) is 9.60. The van der Waals surface area contributed by atoms with E-state index in [1.807, 2.05) is 0 Å². The number of hydrogen-bond acceptors (Lipinski definition) is 3. The molecule has 0 spiro atoms. The summed E-state index contributed by atoms with van der Waals surface area (Å²) in [6.07, 6.45) is 9.83. The molecule has 0 atom stereocenters. The summed E-state index contributed by atoms with van der Waals surface area (Å²) < 4.78 is 0. The van der Waals surface area contributed by atoms with E-state index in [1.165, 1.54) is 19.0 Å². The van der Waals surface area contributed by atoms with Gasteiger partial charge in [-0.05, 0) is 12.8 Å². The van der Waals surface area contributed by atoms with Gasteiger partial charge in [-0.25, -0.2) is 4.98 Å². The van der Waals surface area contributed by atoms with Gasteiger partial charge in [-0.3, -0.25) is 9.78 Å². The van der Waals surface area contributed by atoms with Crippen molar-refractivity contribution in [2.75, 3.05) is 0 Å². The summed E-state index contributed by atoms with van der Waals surface area (Å²) in [5, 5.41) is 0. The normalized spacial score (nSPS) is 18.9. The third-order valence-corrected chi connectivity index (χ3v) is 4.40. The maximum atomic E-state index is 12.9. The van der Waals surface area contributed by atoms with Crippen LogP contribution in [0.15, 0.2) is 12.4 Å². The first kappa shape index (κ1) is 13.3. The molecule has 0 aliphatic heterocycles. The number of fused-ring (bicyclic) bond motifs is 1. The quantitative estimate of drug-likeness (QED) is 0.516. The van der Waals surface area contributed by atoms with Gasteiger partial charge in [0, 0.05) is 23.4 Å². The smallest absolute Gasteiger partial charge is 0.172 e. The molecule has 1 saturated carbocycles. The van der Waals surface area contributed by atoms with E-state index in [2.05, 4.69) is 21.9 Å². The molecule has 4 nitrogen and oxygen atoms in total. The third-order valence-electron chi connectivity index (χ3n) is 4.40. The van der Waals surface area contributed by atoms with Crippen molar-refractivity contribution in [1.29, 1.82) is 0 Å². The maximum Gasteiger partial charge on any atom is 0.172 e. The molecule has 1 aliphatic rings. The zero-order valence-electron chi connectivity index (χ0n) is 11.8. The first-order valence-electron chi connectivity index (χ1n) is 7.24. The number of aromatic amines is 1. The molecule has 3 rings (SSSR count). The van der Waals surface area contributed by atoms with E-state index in [0.717, 1.165) is 25.7 Å². The van der Waals surface area contributed by atoms with E-state index in [0.29, 0.717) is 22.3 Å². The summed E-state index contributed by atoms with van der Waals surface area (Å²) in [6.45, 7) is 2.08. The Labute approximate surface area is 119 Å². The van der Waals surface area contributed by atoms with Crippen LogP contribution in [0.4, 0.5) is 0 Å². The fourth-order valence-electron chi connectivity index (χ4n) is 3.14. The second-order valence-electron chi connectivity index (χ2n) is 6.00. The lowest BCUT2D eigenvalue weighted by molar-refractivity contribution is 0.0792. The molecule has 1 fully saturated rings. The highest BCUT2D eigenvalue weighted by Gasteiger charge is 2.35. The molecule has 0 unspecified atom stereocenters. The molecule has 2 heterocycles. The summed E-state index contributed by atoms with van der Waals surface area (Å²) in [5.74, 6) is 0.172. The zero-order chi connectivity index (χ0) is 14.2. The summed E-state index contributed by atoms with van der Waals surface area (Å²) >= 11 is 0. The van der Waals surface area contributed by atoms with Crippen molar-refractivity contribution in [2.24, 2.45) is 5.41 Å². The Hall–Kier alpha value is -1.65. The van der Waals surface area contributed by atoms with Crippen LogP contribution in [0.5, 0.6) is 0 Å². The minimum absolute atomic E-state index is 0.172. The van der Waals surface area contributed by atoms with Crippen molar-refractivity contribution in [3.8, 4) is 0 Å². The van der Waals surface area contributed by atoms with Gasteiger partial charge in [-0.2, -0.15) is 0 Å². The Morgan fingerprint density at radius 3 is 2.70 bits per heavy atom. The predicted molar refractivity (Wildman–Crippen MR) is 79.4 cm³/mol.